The van der Waals surface area contributed by atoms with Crippen LogP contribution in [-0.2, 0) is 23.7 Å². The molecular weight excluding hydrogens is 87.9 g/mol. The molecule has 0 heterocycles. The molecule has 0 aromatic rings. The molecule has 0 spiro atoms. The zero-order chi connectivity index (χ0) is 4.00. The van der Waals surface area contributed by atoms with Crippen LogP contribution in [0.3, 0.4) is 0 Å². The first-order valence-electron chi connectivity index (χ1n) is 1.20. The van der Waals surface area contributed by atoms with Crippen LogP contribution < -0.4 is 0 Å². The van der Waals surface area contributed by atoms with Gasteiger partial charge in [0.25, 0.3) is 0 Å². The van der Waals surface area contributed by atoms with Crippen LogP contribution in [0.5, 0.6) is 0 Å². The second kappa shape index (κ2) is 84.0. The van der Waals surface area contributed by atoms with Gasteiger partial charge in [0.1, 0.15) is 0 Å². The van der Waals surface area contributed by atoms with Crippen molar-refractivity contribution in [3.8, 4) is 0 Å². The molecule has 0 aliphatic carbocycles. The van der Waals surface area contributed by atoms with Crippen LogP contribution in [-0.4, -0.2) is 0 Å². The zero-order valence-electron chi connectivity index (χ0n) is 2.91. The molecule has 0 aromatic carbocycles. The van der Waals surface area contributed by atoms with Crippen LogP contribution >= 0.6 is 0 Å². The van der Waals surface area contributed by atoms with Crippen molar-refractivity contribution in [3.63, 3.8) is 0 Å². The molecule has 0 fully saturated rings. The Morgan fingerprint density at radius 3 is 1.25 bits per heavy atom. The average molecular weight is 93.9 g/mol. The summed E-state index contributed by atoms with van der Waals surface area (Å²) in [5.74, 6) is 0. The van der Waals surface area contributed by atoms with Gasteiger partial charge in [-0.3, -0.25) is 0 Å². The summed E-state index contributed by atoms with van der Waals surface area (Å²) in [5.41, 5.74) is 0. The number of hydrogen-bond donors (Lipinski definition) is 0. The fourth-order valence-corrected chi connectivity index (χ4v) is 0. The van der Waals surface area contributed by atoms with E-state index in [4.69, 9.17) is 3.32 Å². The van der Waals surface area contributed by atoms with Gasteiger partial charge < -0.3 is 0 Å². The molecule has 0 N–H and O–H groups in total. The van der Waals surface area contributed by atoms with Gasteiger partial charge in [-0.1, -0.05) is 13.8 Å². The molecule has 24 valence electrons. The van der Waals surface area contributed by atoms with Crippen molar-refractivity contribution in [2.75, 3.05) is 0 Å². The maximum atomic E-state index is 8.25. The Kier molecular flexibility index (Phi) is 185. The van der Waals surface area contributed by atoms with E-state index >= 15 is 0 Å². The van der Waals surface area contributed by atoms with E-state index in [0.29, 0.717) is 0 Å². The van der Waals surface area contributed by atoms with Crippen LogP contribution in [0.2, 0.25) is 0 Å². The van der Waals surface area contributed by atoms with E-state index in [2.05, 4.69) is 0 Å². The number of hydrogen-bond acceptors (Lipinski definition) is 1. The molecule has 0 aliphatic heterocycles. The quantitative estimate of drug-likeness (QED) is 0.407. The Balaban J connectivity index is 0. The molecule has 0 saturated carbocycles. The fraction of sp³-hybridized carbons (Fsp3) is 1.00. The van der Waals surface area contributed by atoms with Gasteiger partial charge in [-0.2, -0.15) is 0 Å². The van der Waals surface area contributed by atoms with Crippen molar-refractivity contribution in [2.24, 2.45) is 0 Å². The summed E-state index contributed by atoms with van der Waals surface area (Å²) in [6.45, 7) is 4.00. The molecule has 0 amide bonds. The topological polar surface area (TPSA) is 17.1 Å². The van der Waals surface area contributed by atoms with Gasteiger partial charge in [0.2, 0.25) is 0 Å². The summed E-state index contributed by atoms with van der Waals surface area (Å²) >= 11 is 0.750. The first-order valence-corrected chi connectivity index (χ1v) is 1.84. The van der Waals surface area contributed by atoms with Crippen molar-refractivity contribution in [1.82, 2.24) is 0 Å². The predicted molar refractivity (Wildman–Crippen MR) is 12.0 cm³/mol. The molecule has 0 aliphatic rings. The normalized spacial score (nSPS) is 2.25. The molecule has 0 unspecified atom stereocenters. The molecule has 0 bridgehead atoms. The third kappa shape index (κ3) is 21.8. The van der Waals surface area contributed by atoms with E-state index in [1.54, 1.807) is 0 Å². The molecule has 2 heteroatoms. The van der Waals surface area contributed by atoms with Gasteiger partial charge in [0.05, 0.1) is 0 Å². The van der Waals surface area contributed by atoms with Crippen molar-refractivity contribution < 1.29 is 23.7 Å². The molecule has 0 atom stereocenters. The van der Waals surface area contributed by atoms with E-state index in [-0.39, 0.29) is 0 Å². The Morgan fingerprint density at radius 2 is 1.25 bits per heavy atom. The monoisotopic (exact) mass is 94.0 g/mol. The van der Waals surface area contributed by atoms with Crippen LogP contribution in [0.1, 0.15) is 13.8 Å². The Morgan fingerprint density at radius 1 is 1.25 bits per heavy atom. The van der Waals surface area contributed by atoms with E-state index in [1.807, 2.05) is 13.8 Å². The summed E-state index contributed by atoms with van der Waals surface area (Å²) < 4.78 is 8.25. The van der Waals surface area contributed by atoms with Crippen molar-refractivity contribution in [3.05, 3.63) is 0 Å². The fourth-order valence-electron chi connectivity index (χ4n) is 0. The van der Waals surface area contributed by atoms with Gasteiger partial charge in [-0.05, 0) is 0 Å². The zero-order valence-corrected chi connectivity index (χ0v) is 4.47. The molecule has 0 rings (SSSR count). The van der Waals surface area contributed by atoms with E-state index in [0.717, 1.165) is 20.4 Å². The first kappa shape index (κ1) is 8.82. The molecule has 0 aromatic heterocycles. The summed E-state index contributed by atoms with van der Waals surface area (Å²) in [5, 5.41) is 0. The van der Waals surface area contributed by atoms with Crippen molar-refractivity contribution in [1.29, 1.82) is 0 Å². The van der Waals surface area contributed by atoms with E-state index in [1.165, 1.54) is 0 Å². The average Bonchev–Trinajstić information content (AvgIpc) is 1.50. The van der Waals surface area contributed by atoms with Gasteiger partial charge in [0, 0.05) is 0 Å². The molecule has 0 radical (unpaired) electrons. The Labute approximate surface area is 38.1 Å². The summed E-state index contributed by atoms with van der Waals surface area (Å²) in [6.07, 6.45) is 0. The van der Waals surface area contributed by atoms with Gasteiger partial charge in [-0.25, -0.2) is 0 Å². The van der Waals surface area contributed by atoms with Crippen LogP contribution in [0.4, 0.5) is 0 Å². The van der Waals surface area contributed by atoms with Crippen LogP contribution in [0.15, 0.2) is 0 Å². The SMILES string of the molecule is CC.[O]=[Ti]. The van der Waals surface area contributed by atoms with E-state index in [9.17, 15) is 0 Å². The summed E-state index contributed by atoms with van der Waals surface area (Å²) in [6, 6.07) is 0. The van der Waals surface area contributed by atoms with Gasteiger partial charge in [0.15, 0.2) is 0 Å². The molecule has 1 nitrogen and oxygen atoms in total. The second-order valence-electron chi connectivity index (χ2n) is 0. The third-order valence-corrected chi connectivity index (χ3v) is 0. The molecular formula is C2H6OTi. The van der Waals surface area contributed by atoms with Gasteiger partial charge >= 0.3 is 23.7 Å². The summed E-state index contributed by atoms with van der Waals surface area (Å²) in [4.78, 5) is 0. The summed E-state index contributed by atoms with van der Waals surface area (Å²) in [7, 11) is 0. The van der Waals surface area contributed by atoms with Crippen LogP contribution in [0.25, 0.3) is 0 Å². The van der Waals surface area contributed by atoms with Crippen molar-refractivity contribution in [2.45, 2.75) is 13.8 Å². The van der Waals surface area contributed by atoms with Gasteiger partial charge in [-0.15, -0.1) is 0 Å². The van der Waals surface area contributed by atoms with E-state index < -0.39 is 0 Å². The molecule has 4 heavy (non-hydrogen) atoms. The minimum absolute atomic E-state index is 0.750. The Bertz CT molecular complexity index is 6.00. The first-order chi connectivity index (χ1) is 2.00. The maximum absolute atomic E-state index is 8.25. The Hall–Kier alpha value is 0.514. The third-order valence-electron chi connectivity index (χ3n) is 0. The van der Waals surface area contributed by atoms with Crippen LogP contribution in [0, 0.1) is 0 Å². The number of rotatable bonds is 0. The second-order valence-corrected chi connectivity index (χ2v) is 0. The minimum atomic E-state index is 0.750. The molecule has 0 saturated heterocycles. The predicted octanol–water partition coefficient (Wildman–Crippen LogP) is 0.905. The van der Waals surface area contributed by atoms with Crippen molar-refractivity contribution >= 4 is 0 Å². The standard InChI is InChI=1S/C2H6.O.Ti/c1-2;;/h1-2H3;;.